The van der Waals surface area contributed by atoms with Crippen LogP contribution in [-0.2, 0) is 30.9 Å². The molecular weight excluding hydrogens is 460 g/mol. The Kier molecular flexibility index (Phi) is 11.0. The standard InChI is InChI=1S/C23H30N4O6S/c1-2-3-14-33-22(29)20(16-25-23(30)24-15-18-10-6-4-7-11-18)27-21(28)17-26-34(31,32)19-12-8-5-9-13-19/h4-13,20,26H,2-3,14-17H2,1H3,(H,27,28)(H2,24,25,30)/t20-/m0/s1. The lowest BCUT2D eigenvalue weighted by molar-refractivity contribution is -0.147. The smallest absolute Gasteiger partial charge is 0.330 e. The third-order valence-corrected chi connectivity index (χ3v) is 6.02. The highest BCUT2D eigenvalue weighted by Crippen LogP contribution is 2.06. The molecule has 184 valence electrons. The van der Waals surface area contributed by atoms with Gasteiger partial charge in [-0.05, 0) is 24.1 Å². The van der Waals surface area contributed by atoms with E-state index in [1.165, 1.54) is 12.1 Å². The Hall–Kier alpha value is -3.44. The van der Waals surface area contributed by atoms with Crippen LogP contribution in [0.25, 0.3) is 0 Å². The van der Waals surface area contributed by atoms with Gasteiger partial charge in [0, 0.05) is 6.54 Å². The van der Waals surface area contributed by atoms with Gasteiger partial charge in [-0.3, -0.25) is 4.79 Å². The molecule has 0 aromatic heterocycles. The summed E-state index contributed by atoms with van der Waals surface area (Å²) in [6.07, 6.45) is 1.46. The van der Waals surface area contributed by atoms with Gasteiger partial charge in [0.15, 0.2) is 0 Å². The largest absolute Gasteiger partial charge is 0.464 e. The van der Waals surface area contributed by atoms with Gasteiger partial charge in [-0.25, -0.2) is 22.7 Å². The van der Waals surface area contributed by atoms with Crippen LogP contribution in [0.5, 0.6) is 0 Å². The highest BCUT2D eigenvalue weighted by atomic mass is 32.2. The molecule has 0 unspecified atom stereocenters. The van der Waals surface area contributed by atoms with Crippen molar-refractivity contribution in [2.24, 2.45) is 0 Å². The molecule has 0 aliphatic rings. The number of sulfonamides is 1. The number of rotatable bonds is 13. The molecule has 0 heterocycles. The van der Waals surface area contributed by atoms with Crippen molar-refractivity contribution in [3.8, 4) is 0 Å². The van der Waals surface area contributed by atoms with Crippen LogP contribution >= 0.6 is 0 Å². The molecule has 2 aromatic rings. The van der Waals surface area contributed by atoms with E-state index in [1.54, 1.807) is 18.2 Å². The summed E-state index contributed by atoms with van der Waals surface area (Å²) in [5, 5.41) is 7.59. The predicted molar refractivity (Wildman–Crippen MR) is 126 cm³/mol. The van der Waals surface area contributed by atoms with E-state index in [1.807, 2.05) is 37.3 Å². The van der Waals surface area contributed by atoms with Crippen LogP contribution in [0.2, 0.25) is 0 Å². The lowest BCUT2D eigenvalue weighted by atomic mass is 10.2. The van der Waals surface area contributed by atoms with Gasteiger partial charge in [0.05, 0.1) is 24.6 Å². The van der Waals surface area contributed by atoms with Crippen molar-refractivity contribution in [2.45, 2.75) is 37.2 Å². The van der Waals surface area contributed by atoms with Crippen LogP contribution in [0.3, 0.4) is 0 Å². The normalized spacial score (nSPS) is 11.8. The van der Waals surface area contributed by atoms with Gasteiger partial charge in [0.2, 0.25) is 15.9 Å². The minimum absolute atomic E-state index is 0.00933. The van der Waals surface area contributed by atoms with E-state index in [4.69, 9.17) is 4.74 Å². The highest BCUT2D eigenvalue weighted by Gasteiger charge is 2.24. The number of amides is 3. The maximum atomic E-state index is 12.4. The Bertz CT molecular complexity index is 1030. The van der Waals surface area contributed by atoms with Gasteiger partial charge < -0.3 is 20.7 Å². The van der Waals surface area contributed by atoms with Crippen molar-refractivity contribution < 1.29 is 27.5 Å². The molecule has 0 spiro atoms. The van der Waals surface area contributed by atoms with Crippen LogP contribution in [0.4, 0.5) is 4.79 Å². The molecule has 0 radical (unpaired) electrons. The first-order valence-corrected chi connectivity index (χ1v) is 12.4. The Labute approximate surface area is 199 Å². The first-order chi connectivity index (χ1) is 16.3. The second-order valence-electron chi connectivity index (χ2n) is 7.33. The molecule has 0 aliphatic heterocycles. The minimum atomic E-state index is -3.90. The molecule has 0 saturated carbocycles. The fourth-order valence-electron chi connectivity index (χ4n) is 2.74. The number of nitrogens with one attached hydrogen (secondary N) is 4. The average molecular weight is 491 g/mol. The number of ether oxygens (including phenoxy) is 1. The SMILES string of the molecule is CCCCOC(=O)[C@H](CNC(=O)NCc1ccccc1)NC(=O)CNS(=O)(=O)c1ccccc1. The van der Waals surface area contributed by atoms with Crippen LogP contribution < -0.4 is 20.7 Å². The number of carbonyl (C=O) groups is 3. The molecule has 34 heavy (non-hydrogen) atoms. The molecule has 0 bridgehead atoms. The Morgan fingerprint density at radius 3 is 2.24 bits per heavy atom. The van der Waals surface area contributed by atoms with E-state index in [0.29, 0.717) is 6.42 Å². The van der Waals surface area contributed by atoms with Gasteiger partial charge in [-0.2, -0.15) is 0 Å². The summed E-state index contributed by atoms with van der Waals surface area (Å²) in [6, 6.07) is 15.1. The molecule has 11 heteroatoms. The number of urea groups is 1. The molecule has 0 aliphatic carbocycles. The van der Waals surface area contributed by atoms with Crippen molar-refractivity contribution >= 4 is 27.9 Å². The van der Waals surface area contributed by atoms with Crippen LogP contribution in [-0.4, -0.2) is 52.1 Å². The zero-order valence-corrected chi connectivity index (χ0v) is 19.8. The second-order valence-corrected chi connectivity index (χ2v) is 9.09. The lowest BCUT2D eigenvalue weighted by Gasteiger charge is -2.19. The first-order valence-electron chi connectivity index (χ1n) is 10.9. The Morgan fingerprint density at radius 1 is 0.941 bits per heavy atom. The maximum absolute atomic E-state index is 12.4. The van der Waals surface area contributed by atoms with Gasteiger partial charge >= 0.3 is 12.0 Å². The topological polar surface area (TPSA) is 143 Å². The molecule has 1 atom stereocenters. The fraction of sp³-hybridized carbons (Fsp3) is 0.348. The second kappa shape index (κ2) is 14.0. The Balaban J connectivity index is 1.90. The van der Waals surface area contributed by atoms with Crippen molar-refractivity contribution in [3.63, 3.8) is 0 Å². The van der Waals surface area contributed by atoms with Crippen molar-refractivity contribution in [2.75, 3.05) is 19.7 Å². The summed E-state index contributed by atoms with van der Waals surface area (Å²) in [5.74, 6) is -1.47. The molecule has 0 fully saturated rings. The van der Waals surface area contributed by atoms with Gasteiger partial charge in [0.1, 0.15) is 6.04 Å². The van der Waals surface area contributed by atoms with E-state index in [9.17, 15) is 22.8 Å². The van der Waals surface area contributed by atoms with E-state index >= 15 is 0 Å². The number of hydrogen-bond acceptors (Lipinski definition) is 6. The first kappa shape index (κ1) is 26.8. The van der Waals surface area contributed by atoms with E-state index in [-0.39, 0.29) is 24.6 Å². The Morgan fingerprint density at radius 2 is 1.59 bits per heavy atom. The highest BCUT2D eigenvalue weighted by molar-refractivity contribution is 7.89. The summed E-state index contributed by atoms with van der Waals surface area (Å²) < 4.78 is 31.9. The van der Waals surface area contributed by atoms with Crippen molar-refractivity contribution in [3.05, 3.63) is 66.2 Å². The predicted octanol–water partition coefficient (Wildman–Crippen LogP) is 1.29. The third kappa shape index (κ3) is 9.59. The summed E-state index contributed by atoms with van der Waals surface area (Å²) in [6.45, 7) is 1.57. The molecular formula is C23H30N4O6S. The molecule has 3 amide bonds. The molecule has 10 nitrogen and oxygen atoms in total. The monoisotopic (exact) mass is 490 g/mol. The minimum Gasteiger partial charge on any atom is -0.464 e. The van der Waals surface area contributed by atoms with E-state index in [0.717, 1.165) is 12.0 Å². The number of esters is 1. The third-order valence-electron chi connectivity index (χ3n) is 4.60. The van der Waals surface area contributed by atoms with Crippen molar-refractivity contribution in [1.82, 2.24) is 20.7 Å². The average Bonchev–Trinajstić information content (AvgIpc) is 2.85. The van der Waals surface area contributed by atoms with Gasteiger partial charge in [-0.15, -0.1) is 0 Å². The van der Waals surface area contributed by atoms with Gasteiger partial charge in [0.25, 0.3) is 0 Å². The summed E-state index contributed by atoms with van der Waals surface area (Å²) in [4.78, 5) is 36.9. The number of unbranched alkanes of at least 4 members (excludes halogenated alkanes) is 1. The maximum Gasteiger partial charge on any atom is 0.330 e. The van der Waals surface area contributed by atoms with E-state index < -0.39 is 40.5 Å². The number of carbonyl (C=O) groups excluding carboxylic acids is 3. The quantitative estimate of drug-likeness (QED) is 0.246. The van der Waals surface area contributed by atoms with E-state index in [2.05, 4.69) is 20.7 Å². The number of hydrogen-bond donors (Lipinski definition) is 4. The molecule has 0 saturated heterocycles. The summed E-state index contributed by atoms with van der Waals surface area (Å²) in [7, 11) is -3.90. The fourth-order valence-corrected chi connectivity index (χ4v) is 3.74. The van der Waals surface area contributed by atoms with Crippen LogP contribution in [0.1, 0.15) is 25.3 Å². The lowest BCUT2D eigenvalue weighted by Crippen LogP contribution is -2.52. The zero-order valence-electron chi connectivity index (χ0n) is 19.0. The number of benzene rings is 2. The molecule has 2 aromatic carbocycles. The van der Waals surface area contributed by atoms with Crippen LogP contribution in [0.15, 0.2) is 65.6 Å². The molecule has 2 rings (SSSR count). The van der Waals surface area contributed by atoms with Gasteiger partial charge in [-0.1, -0.05) is 61.9 Å². The molecule has 4 N–H and O–H groups in total. The zero-order chi connectivity index (χ0) is 24.8. The summed E-state index contributed by atoms with van der Waals surface area (Å²) >= 11 is 0. The van der Waals surface area contributed by atoms with Crippen LogP contribution in [0, 0.1) is 0 Å². The summed E-state index contributed by atoms with van der Waals surface area (Å²) in [5.41, 5.74) is 0.896. The van der Waals surface area contributed by atoms with Crippen molar-refractivity contribution in [1.29, 1.82) is 0 Å².